The lowest BCUT2D eigenvalue weighted by atomic mass is 9.93. The smallest absolute Gasteiger partial charge is 0.303 e. The van der Waals surface area contributed by atoms with E-state index >= 15 is 0 Å². The predicted octanol–water partition coefficient (Wildman–Crippen LogP) is 4.73. The summed E-state index contributed by atoms with van der Waals surface area (Å²) < 4.78 is 0. The van der Waals surface area contributed by atoms with Crippen molar-refractivity contribution in [2.45, 2.75) is 72.6 Å². The van der Waals surface area contributed by atoms with Crippen LogP contribution in [-0.2, 0) is 4.79 Å². The van der Waals surface area contributed by atoms with Crippen molar-refractivity contribution in [2.24, 2.45) is 17.8 Å². The monoisotopic (exact) mass is 242 g/mol. The van der Waals surface area contributed by atoms with Crippen LogP contribution in [0.25, 0.3) is 0 Å². The van der Waals surface area contributed by atoms with E-state index < -0.39 is 5.97 Å². The van der Waals surface area contributed by atoms with Crippen molar-refractivity contribution < 1.29 is 9.90 Å². The van der Waals surface area contributed by atoms with Crippen molar-refractivity contribution >= 4 is 5.97 Å². The van der Waals surface area contributed by atoms with Gasteiger partial charge in [0.2, 0.25) is 0 Å². The van der Waals surface area contributed by atoms with Gasteiger partial charge in [0.25, 0.3) is 0 Å². The number of rotatable bonds is 10. The average molecular weight is 242 g/mol. The van der Waals surface area contributed by atoms with Crippen LogP contribution in [0.5, 0.6) is 0 Å². The molecule has 0 spiro atoms. The Morgan fingerprint density at radius 1 is 0.882 bits per heavy atom. The fourth-order valence-corrected chi connectivity index (χ4v) is 2.23. The van der Waals surface area contributed by atoms with Crippen molar-refractivity contribution in [3.05, 3.63) is 0 Å². The average Bonchev–Trinajstić information content (AvgIpc) is 2.15. The maximum atomic E-state index is 10.5. The van der Waals surface area contributed by atoms with Gasteiger partial charge in [-0.15, -0.1) is 0 Å². The summed E-state index contributed by atoms with van der Waals surface area (Å²) in [4.78, 5) is 10.5. The summed E-state index contributed by atoms with van der Waals surface area (Å²) >= 11 is 0. The fraction of sp³-hybridized carbons (Fsp3) is 0.933. The topological polar surface area (TPSA) is 37.3 Å². The van der Waals surface area contributed by atoms with Gasteiger partial charge in [-0.25, -0.2) is 0 Å². The molecule has 2 nitrogen and oxygen atoms in total. The molecule has 0 aliphatic heterocycles. The first-order valence-electron chi connectivity index (χ1n) is 7.13. The Bertz CT molecular complexity index is 199. The Kier molecular flexibility index (Phi) is 9.20. The van der Waals surface area contributed by atoms with Gasteiger partial charge in [0.05, 0.1) is 0 Å². The van der Waals surface area contributed by atoms with Crippen LogP contribution in [0.4, 0.5) is 0 Å². The van der Waals surface area contributed by atoms with E-state index in [0.717, 1.165) is 18.3 Å². The minimum Gasteiger partial charge on any atom is -0.481 e. The van der Waals surface area contributed by atoms with Crippen LogP contribution in [0.1, 0.15) is 72.6 Å². The highest BCUT2D eigenvalue weighted by molar-refractivity contribution is 5.66. The Morgan fingerprint density at radius 3 is 1.82 bits per heavy atom. The molecule has 0 heterocycles. The Labute approximate surface area is 107 Å². The van der Waals surface area contributed by atoms with E-state index in [9.17, 15) is 4.79 Å². The molecule has 2 unspecified atom stereocenters. The third-order valence-electron chi connectivity index (χ3n) is 3.40. The summed E-state index contributed by atoms with van der Waals surface area (Å²) in [5, 5.41) is 8.66. The summed E-state index contributed by atoms with van der Waals surface area (Å²) in [6, 6.07) is 0. The van der Waals surface area contributed by atoms with E-state index in [-0.39, 0.29) is 0 Å². The zero-order chi connectivity index (χ0) is 13.3. The Hall–Kier alpha value is -0.530. The second kappa shape index (κ2) is 9.49. The Morgan fingerprint density at radius 2 is 1.35 bits per heavy atom. The first kappa shape index (κ1) is 16.5. The molecule has 0 aliphatic carbocycles. The van der Waals surface area contributed by atoms with Crippen LogP contribution in [0.2, 0.25) is 0 Å². The second-order valence-electron chi connectivity index (χ2n) is 6.06. The minimum absolute atomic E-state index is 0.321. The van der Waals surface area contributed by atoms with E-state index in [4.69, 9.17) is 5.11 Å². The van der Waals surface area contributed by atoms with Crippen molar-refractivity contribution in [1.82, 2.24) is 0 Å². The normalized spacial score (nSPS) is 14.9. The van der Waals surface area contributed by atoms with Crippen LogP contribution in [0.3, 0.4) is 0 Å². The maximum Gasteiger partial charge on any atom is 0.303 e. The summed E-state index contributed by atoms with van der Waals surface area (Å²) in [7, 11) is 0. The van der Waals surface area contributed by atoms with Gasteiger partial charge in [0.1, 0.15) is 0 Å². The molecule has 102 valence electrons. The lowest BCUT2D eigenvalue weighted by molar-refractivity contribution is -0.138. The highest BCUT2D eigenvalue weighted by Gasteiger charge is 2.09. The van der Waals surface area contributed by atoms with Crippen LogP contribution in [0, 0.1) is 17.8 Å². The minimum atomic E-state index is -0.664. The largest absolute Gasteiger partial charge is 0.481 e. The molecule has 2 atom stereocenters. The second-order valence-corrected chi connectivity index (χ2v) is 6.06. The molecule has 0 amide bonds. The molecule has 0 aliphatic rings. The maximum absolute atomic E-state index is 10.5. The lowest BCUT2D eigenvalue weighted by Gasteiger charge is -2.13. The van der Waals surface area contributed by atoms with Crippen molar-refractivity contribution in [3.63, 3.8) is 0 Å². The van der Waals surface area contributed by atoms with Gasteiger partial charge < -0.3 is 5.11 Å². The number of hydrogen-bond acceptors (Lipinski definition) is 1. The first-order valence-corrected chi connectivity index (χ1v) is 7.13. The summed E-state index contributed by atoms with van der Waals surface area (Å²) in [6.07, 6.45) is 7.80. The van der Waals surface area contributed by atoms with Gasteiger partial charge in [-0.1, -0.05) is 66.2 Å². The van der Waals surface area contributed by atoms with Gasteiger partial charge in [-0.3, -0.25) is 4.79 Å². The van der Waals surface area contributed by atoms with Gasteiger partial charge in [0.15, 0.2) is 0 Å². The zero-order valence-corrected chi connectivity index (χ0v) is 12.0. The molecule has 0 aromatic heterocycles. The molecule has 17 heavy (non-hydrogen) atoms. The highest BCUT2D eigenvalue weighted by atomic mass is 16.4. The highest BCUT2D eigenvalue weighted by Crippen LogP contribution is 2.20. The van der Waals surface area contributed by atoms with E-state index in [1.54, 1.807) is 0 Å². The molecule has 0 aromatic rings. The standard InChI is InChI=1S/C15H30O2/c1-12(2)7-5-8-13(3)9-6-10-14(4)11-15(16)17/h12-14H,5-11H2,1-4H3,(H,16,17). The molecule has 1 N–H and O–H groups in total. The summed E-state index contributed by atoms with van der Waals surface area (Å²) in [5.74, 6) is 1.28. The number of hydrogen-bond donors (Lipinski definition) is 1. The number of carboxylic acid groups (broad SMARTS) is 1. The lowest BCUT2D eigenvalue weighted by Crippen LogP contribution is -2.05. The molecular formula is C15H30O2. The van der Waals surface area contributed by atoms with Gasteiger partial charge >= 0.3 is 5.97 Å². The third-order valence-corrected chi connectivity index (χ3v) is 3.40. The molecule has 0 radical (unpaired) electrons. The van der Waals surface area contributed by atoms with E-state index in [2.05, 4.69) is 20.8 Å². The number of carboxylic acids is 1. The zero-order valence-electron chi connectivity index (χ0n) is 12.0. The summed E-state index contributed by atoms with van der Waals surface area (Å²) in [5.41, 5.74) is 0. The SMILES string of the molecule is CC(C)CCCC(C)CCCC(C)CC(=O)O. The quantitative estimate of drug-likeness (QED) is 0.601. The molecule has 0 aromatic carbocycles. The first-order chi connectivity index (χ1) is 7.91. The molecule has 0 rings (SSSR count). The molecule has 0 saturated carbocycles. The van der Waals surface area contributed by atoms with E-state index in [1.165, 1.54) is 32.1 Å². The molecule has 0 fully saturated rings. The molecule has 2 heteroatoms. The number of carbonyl (C=O) groups is 1. The molecular weight excluding hydrogens is 212 g/mol. The summed E-state index contributed by atoms with van der Waals surface area (Å²) in [6.45, 7) is 8.91. The van der Waals surface area contributed by atoms with Crippen molar-refractivity contribution in [1.29, 1.82) is 0 Å². The van der Waals surface area contributed by atoms with Crippen LogP contribution < -0.4 is 0 Å². The van der Waals surface area contributed by atoms with Gasteiger partial charge in [-0.05, 0) is 17.8 Å². The van der Waals surface area contributed by atoms with Gasteiger partial charge in [0, 0.05) is 6.42 Å². The van der Waals surface area contributed by atoms with E-state index in [1.807, 2.05) is 6.92 Å². The third kappa shape index (κ3) is 11.7. The van der Waals surface area contributed by atoms with Crippen LogP contribution in [-0.4, -0.2) is 11.1 Å². The van der Waals surface area contributed by atoms with Gasteiger partial charge in [-0.2, -0.15) is 0 Å². The van der Waals surface area contributed by atoms with E-state index in [0.29, 0.717) is 12.3 Å². The number of aliphatic carboxylic acids is 1. The van der Waals surface area contributed by atoms with Crippen LogP contribution >= 0.6 is 0 Å². The fourth-order valence-electron chi connectivity index (χ4n) is 2.23. The predicted molar refractivity (Wildman–Crippen MR) is 73.1 cm³/mol. The Balaban J connectivity index is 3.44. The molecule has 0 saturated heterocycles. The van der Waals surface area contributed by atoms with Crippen molar-refractivity contribution in [3.8, 4) is 0 Å². The molecule has 0 bridgehead atoms. The van der Waals surface area contributed by atoms with Crippen LogP contribution in [0.15, 0.2) is 0 Å². The van der Waals surface area contributed by atoms with Crippen molar-refractivity contribution in [2.75, 3.05) is 0 Å².